The molecule has 2 aromatic heterocycles. The fraction of sp³-hybridized carbons (Fsp3) is 0.333. The van der Waals surface area contributed by atoms with Gasteiger partial charge in [-0.1, -0.05) is 57.5 Å². The molecule has 0 radical (unpaired) electrons. The largest absolute Gasteiger partial charge is 0.250 e. The first-order valence-corrected chi connectivity index (χ1v) is 7.75. The SMILES string of the molecule is CC(C)c1ccc2ccc3c(Cl)cc(C(C)C)nc3c2n1. The van der Waals surface area contributed by atoms with Crippen molar-refractivity contribution in [2.75, 3.05) is 0 Å². The van der Waals surface area contributed by atoms with Crippen molar-refractivity contribution in [3.05, 3.63) is 46.7 Å². The summed E-state index contributed by atoms with van der Waals surface area (Å²) in [4.78, 5) is 9.64. The van der Waals surface area contributed by atoms with E-state index in [2.05, 4.69) is 45.9 Å². The Labute approximate surface area is 130 Å². The highest BCUT2D eigenvalue weighted by atomic mass is 35.5. The number of halogens is 1. The van der Waals surface area contributed by atoms with Crippen molar-refractivity contribution in [3.8, 4) is 0 Å². The predicted octanol–water partition coefficient (Wildman–Crippen LogP) is 5.68. The van der Waals surface area contributed by atoms with Gasteiger partial charge < -0.3 is 0 Å². The molecule has 108 valence electrons. The lowest BCUT2D eigenvalue weighted by Gasteiger charge is -2.11. The number of nitrogens with zero attached hydrogens (tertiary/aromatic N) is 2. The van der Waals surface area contributed by atoms with E-state index in [0.29, 0.717) is 11.8 Å². The van der Waals surface area contributed by atoms with Gasteiger partial charge in [-0.25, -0.2) is 0 Å². The maximum Gasteiger partial charge on any atom is 0.0983 e. The van der Waals surface area contributed by atoms with Crippen molar-refractivity contribution in [2.45, 2.75) is 39.5 Å². The van der Waals surface area contributed by atoms with Crippen molar-refractivity contribution in [3.63, 3.8) is 0 Å². The Morgan fingerprint density at radius 1 is 0.810 bits per heavy atom. The third-order valence-electron chi connectivity index (χ3n) is 3.81. The second kappa shape index (κ2) is 5.27. The summed E-state index contributed by atoms with van der Waals surface area (Å²) in [7, 11) is 0. The normalized spacial score (nSPS) is 12.0. The van der Waals surface area contributed by atoms with Crippen molar-refractivity contribution in [2.24, 2.45) is 0 Å². The molecule has 3 aromatic rings. The van der Waals surface area contributed by atoms with Crippen LogP contribution in [0, 0.1) is 0 Å². The van der Waals surface area contributed by atoms with Crippen LogP contribution in [0.5, 0.6) is 0 Å². The smallest absolute Gasteiger partial charge is 0.0983 e. The van der Waals surface area contributed by atoms with Gasteiger partial charge in [0, 0.05) is 22.2 Å². The Bertz CT molecular complexity index is 822. The van der Waals surface area contributed by atoms with E-state index in [9.17, 15) is 0 Å². The van der Waals surface area contributed by atoms with Crippen LogP contribution in [-0.2, 0) is 0 Å². The summed E-state index contributed by atoms with van der Waals surface area (Å²) in [6.07, 6.45) is 0. The van der Waals surface area contributed by atoms with Gasteiger partial charge in [0.2, 0.25) is 0 Å². The Kier molecular flexibility index (Phi) is 3.58. The van der Waals surface area contributed by atoms with E-state index >= 15 is 0 Å². The molecule has 0 aliphatic rings. The van der Waals surface area contributed by atoms with Crippen molar-refractivity contribution in [1.29, 1.82) is 0 Å². The molecule has 0 spiro atoms. The zero-order valence-corrected chi connectivity index (χ0v) is 13.6. The lowest BCUT2D eigenvalue weighted by Crippen LogP contribution is -1.97. The molecule has 0 saturated carbocycles. The third kappa shape index (κ3) is 2.49. The first kappa shape index (κ1) is 14.3. The van der Waals surface area contributed by atoms with E-state index < -0.39 is 0 Å². The van der Waals surface area contributed by atoms with Crippen LogP contribution in [0.15, 0.2) is 30.3 Å². The third-order valence-corrected chi connectivity index (χ3v) is 4.13. The lowest BCUT2D eigenvalue weighted by atomic mass is 10.0. The van der Waals surface area contributed by atoms with Crippen LogP contribution in [0.1, 0.15) is 50.9 Å². The van der Waals surface area contributed by atoms with Gasteiger partial charge in [0.1, 0.15) is 0 Å². The Balaban J connectivity index is 2.41. The summed E-state index contributed by atoms with van der Waals surface area (Å²) in [5.74, 6) is 0.740. The highest BCUT2D eigenvalue weighted by molar-refractivity contribution is 6.36. The molecule has 0 aliphatic carbocycles. The number of fused-ring (bicyclic) bond motifs is 3. The first-order valence-electron chi connectivity index (χ1n) is 7.37. The molecule has 21 heavy (non-hydrogen) atoms. The molecule has 0 unspecified atom stereocenters. The van der Waals surface area contributed by atoms with Gasteiger partial charge in [-0.15, -0.1) is 0 Å². The zero-order chi connectivity index (χ0) is 15.1. The Hall–Kier alpha value is -1.67. The average molecular weight is 299 g/mol. The van der Waals surface area contributed by atoms with E-state index in [1.807, 2.05) is 12.1 Å². The second-order valence-corrected chi connectivity index (χ2v) is 6.52. The van der Waals surface area contributed by atoms with Crippen LogP contribution in [0.3, 0.4) is 0 Å². The lowest BCUT2D eigenvalue weighted by molar-refractivity contribution is 0.826. The summed E-state index contributed by atoms with van der Waals surface area (Å²) in [5, 5.41) is 2.83. The van der Waals surface area contributed by atoms with E-state index in [1.165, 1.54) is 0 Å². The van der Waals surface area contributed by atoms with Gasteiger partial charge in [0.25, 0.3) is 0 Å². The molecular formula is C18H19ClN2. The zero-order valence-electron chi connectivity index (χ0n) is 12.8. The molecule has 0 aliphatic heterocycles. The van der Waals surface area contributed by atoms with Crippen molar-refractivity contribution in [1.82, 2.24) is 9.97 Å². The average Bonchev–Trinajstić information content (AvgIpc) is 2.46. The molecule has 2 nitrogen and oxygen atoms in total. The monoisotopic (exact) mass is 298 g/mol. The van der Waals surface area contributed by atoms with Crippen LogP contribution in [0.25, 0.3) is 21.8 Å². The highest BCUT2D eigenvalue weighted by Gasteiger charge is 2.12. The Morgan fingerprint density at radius 3 is 2.10 bits per heavy atom. The maximum absolute atomic E-state index is 6.44. The number of benzene rings is 1. The van der Waals surface area contributed by atoms with Gasteiger partial charge in [0.15, 0.2) is 0 Å². The fourth-order valence-corrected chi connectivity index (χ4v) is 2.75. The van der Waals surface area contributed by atoms with Gasteiger partial charge in [0.05, 0.1) is 16.1 Å². The van der Waals surface area contributed by atoms with Gasteiger partial charge in [-0.2, -0.15) is 0 Å². The van der Waals surface area contributed by atoms with Crippen molar-refractivity contribution >= 4 is 33.4 Å². The molecule has 0 atom stereocenters. The molecule has 3 rings (SSSR count). The van der Waals surface area contributed by atoms with E-state index in [4.69, 9.17) is 21.6 Å². The minimum atomic E-state index is 0.343. The molecule has 0 amide bonds. The number of aromatic nitrogens is 2. The molecule has 0 saturated heterocycles. The molecule has 0 N–H and O–H groups in total. The highest BCUT2D eigenvalue weighted by Crippen LogP contribution is 2.31. The van der Waals surface area contributed by atoms with Gasteiger partial charge in [-0.05, 0) is 24.0 Å². The standard InChI is InChI=1S/C18H19ClN2/c1-10(2)15-8-6-12-5-7-13-14(19)9-16(11(3)4)21-18(13)17(12)20-15/h5-11H,1-4H3. The fourth-order valence-electron chi connectivity index (χ4n) is 2.48. The summed E-state index contributed by atoms with van der Waals surface area (Å²) >= 11 is 6.44. The van der Waals surface area contributed by atoms with Crippen LogP contribution < -0.4 is 0 Å². The number of hydrogen-bond acceptors (Lipinski definition) is 2. The molecule has 0 fully saturated rings. The predicted molar refractivity (Wildman–Crippen MR) is 90.2 cm³/mol. The molecule has 1 aromatic carbocycles. The number of hydrogen-bond donors (Lipinski definition) is 0. The van der Waals surface area contributed by atoms with Crippen LogP contribution in [0.2, 0.25) is 5.02 Å². The van der Waals surface area contributed by atoms with E-state index in [1.54, 1.807) is 0 Å². The van der Waals surface area contributed by atoms with E-state index in [-0.39, 0.29) is 0 Å². The topological polar surface area (TPSA) is 25.8 Å². The van der Waals surface area contributed by atoms with Crippen LogP contribution in [0.4, 0.5) is 0 Å². The second-order valence-electron chi connectivity index (χ2n) is 6.11. The van der Waals surface area contributed by atoms with E-state index in [0.717, 1.165) is 38.2 Å². The maximum atomic E-state index is 6.44. The molecular weight excluding hydrogens is 280 g/mol. The minimum absolute atomic E-state index is 0.343. The minimum Gasteiger partial charge on any atom is -0.250 e. The van der Waals surface area contributed by atoms with Gasteiger partial charge >= 0.3 is 0 Å². The molecule has 0 bridgehead atoms. The number of rotatable bonds is 2. The van der Waals surface area contributed by atoms with Gasteiger partial charge in [-0.3, -0.25) is 9.97 Å². The molecule has 3 heteroatoms. The molecule has 2 heterocycles. The van der Waals surface area contributed by atoms with Crippen LogP contribution in [-0.4, -0.2) is 9.97 Å². The van der Waals surface area contributed by atoms with Crippen molar-refractivity contribution < 1.29 is 0 Å². The summed E-state index contributed by atoms with van der Waals surface area (Å²) in [6.45, 7) is 8.56. The Morgan fingerprint density at radius 2 is 1.43 bits per heavy atom. The summed E-state index contributed by atoms with van der Waals surface area (Å²) < 4.78 is 0. The quantitative estimate of drug-likeness (QED) is 0.568. The first-order chi connectivity index (χ1) is 9.97. The number of pyridine rings is 2. The summed E-state index contributed by atoms with van der Waals surface area (Å²) in [5.41, 5.74) is 3.95. The van der Waals surface area contributed by atoms with Crippen LogP contribution >= 0.6 is 11.6 Å². The summed E-state index contributed by atoms with van der Waals surface area (Å²) in [6, 6.07) is 10.3.